The molecule has 3 fully saturated rings. The Kier molecular flexibility index (Phi) is 7.22. The van der Waals surface area contributed by atoms with Crippen LogP contribution in [0.5, 0.6) is 0 Å². The summed E-state index contributed by atoms with van der Waals surface area (Å²) in [5.41, 5.74) is 4.67. The number of hydrogen-bond donors (Lipinski definition) is 5. The van der Waals surface area contributed by atoms with Gasteiger partial charge in [-0.3, -0.25) is 14.4 Å². The van der Waals surface area contributed by atoms with Crippen LogP contribution in [0.3, 0.4) is 0 Å². The number of nitrogens with one attached hydrogen (secondary N) is 3. The van der Waals surface area contributed by atoms with Gasteiger partial charge in [-0.15, -0.1) is 0 Å². The summed E-state index contributed by atoms with van der Waals surface area (Å²) >= 11 is 0. The van der Waals surface area contributed by atoms with E-state index >= 15 is 0 Å². The van der Waals surface area contributed by atoms with Crippen molar-refractivity contribution in [2.45, 2.75) is 84.5 Å². The van der Waals surface area contributed by atoms with E-state index in [9.17, 15) is 24.3 Å². The van der Waals surface area contributed by atoms with Crippen molar-refractivity contribution >= 4 is 23.8 Å². The molecule has 2 saturated carbocycles. The monoisotopic (exact) mass is 479 g/mol. The topological polar surface area (TPSA) is 154 Å². The van der Waals surface area contributed by atoms with E-state index in [1.807, 2.05) is 20.8 Å². The molecule has 3 aliphatic rings. The predicted molar refractivity (Wildman–Crippen MR) is 126 cm³/mol. The maximum atomic E-state index is 13.7. The van der Waals surface area contributed by atoms with E-state index in [1.165, 1.54) is 7.05 Å². The molecule has 1 heterocycles. The van der Waals surface area contributed by atoms with Crippen molar-refractivity contribution in [1.82, 2.24) is 20.9 Å². The Morgan fingerprint density at radius 1 is 1.15 bits per heavy atom. The van der Waals surface area contributed by atoms with Crippen LogP contribution in [0.15, 0.2) is 0 Å². The van der Waals surface area contributed by atoms with Gasteiger partial charge < -0.3 is 31.7 Å². The number of aliphatic hydroxyl groups excluding tert-OH is 1. The van der Waals surface area contributed by atoms with Gasteiger partial charge in [-0.05, 0) is 35.0 Å². The van der Waals surface area contributed by atoms with Gasteiger partial charge in [0.25, 0.3) is 0 Å². The fourth-order valence-corrected chi connectivity index (χ4v) is 5.65. The van der Waals surface area contributed by atoms with Gasteiger partial charge in [-0.1, -0.05) is 53.9 Å². The Balaban J connectivity index is 1.83. The smallest absolute Gasteiger partial charge is 0.315 e. The number of carbonyl (C=O) groups excluding carboxylic acids is 4. The normalized spacial score (nSPS) is 28.1. The molecule has 34 heavy (non-hydrogen) atoms. The highest BCUT2D eigenvalue weighted by molar-refractivity contribution is 5.94. The van der Waals surface area contributed by atoms with E-state index in [2.05, 4.69) is 29.8 Å². The van der Waals surface area contributed by atoms with Gasteiger partial charge in [0.2, 0.25) is 17.7 Å². The van der Waals surface area contributed by atoms with Crippen LogP contribution in [-0.2, 0) is 14.4 Å². The molecule has 2 aliphatic carbocycles. The Bertz CT molecular complexity index is 834. The second-order valence-corrected chi connectivity index (χ2v) is 11.9. The number of nitrogens with two attached hydrogens (primary N) is 1. The fourth-order valence-electron chi connectivity index (χ4n) is 5.65. The molecule has 0 spiro atoms. The molecule has 0 aromatic rings. The minimum atomic E-state index is -1.49. The second-order valence-electron chi connectivity index (χ2n) is 11.9. The van der Waals surface area contributed by atoms with Crippen LogP contribution < -0.4 is 21.7 Å². The lowest BCUT2D eigenvalue weighted by molar-refractivity contribution is -0.144. The zero-order chi connectivity index (χ0) is 25.6. The van der Waals surface area contributed by atoms with Crippen molar-refractivity contribution in [3.63, 3.8) is 0 Å². The van der Waals surface area contributed by atoms with Gasteiger partial charge in [-0.2, -0.15) is 0 Å². The number of urea groups is 1. The summed E-state index contributed by atoms with van der Waals surface area (Å²) in [6.07, 6.45) is 2.05. The first-order chi connectivity index (χ1) is 15.7. The molecule has 10 nitrogen and oxygen atoms in total. The number of nitrogens with zero attached hydrogens (tertiary/aromatic N) is 1. The second kappa shape index (κ2) is 9.36. The summed E-state index contributed by atoms with van der Waals surface area (Å²) in [6.45, 7) is 10.2. The first-order valence-corrected chi connectivity index (χ1v) is 12.3. The maximum absolute atomic E-state index is 13.7. The third-order valence-corrected chi connectivity index (χ3v) is 8.19. The van der Waals surface area contributed by atoms with Gasteiger partial charge in [0.1, 0.15) is 12.1 Å². The molecular formula is C24H41N5O5. The summed E-state index contributed by atoms with van der Waals surface area (Å²) in [4.78, 5) is 52.6. The highest BCUT2D eigenvalue weighted by atomic mass is 16.3. The molecule has 3 rings (SSSR count). The van der Waals surface area contributed by atoms with Crippen LogP contribution in [0.2, 0.25) is 0 Å². The van der Waals surface area contributed by atoms with Gasteiger partial charge in [-0.25, -0.2) is 4.79 Å². The molecule has 192 valence electrons. The molecule has 0 aromatic heterocycles. The van der Waals surface area contributed by atoms with Gasteiger partial charge >= 0.3 is 6.03 Å². The number of rotatable bonds is 8. The first-order valence-electron chi connectivity index (χ1n) is 12.3. The summed E-state index contributed by atoms with van der Waals surface area (Å²) < 4.78 is 0. The average molecular weight is 480 g/mol. The number of fused-ring (bicyclic) bond motifs is 1. The summed E-state index contributed by atoms with van der Waals surface area (Å²) in [7, 11) is 1.48. The van der Waals surface area contributed by atoms with Gasteiger partial charge in [0.05, 0.1) is 6.04 Å². The molecule has 2 unspecified atom stereocenters. The number of primary amides is 1. The Hall–Kier alpha value is -2.36. The van der Waals surface area contributed by atoms with Gasteiger partial charge in [0.15, 0.2) is 6.10 Å². The lowest BCUT2D eigenvalue weighted by atomic mass is 9.79. The molecular weight excluding hydrogens is 438 g/mol. The lowest BCUT2D eigenvalue weighted by Crippen LogP contribution is -2.61. The molecule has 0 radical (unpaired) electrons. The highest BCUT2D eigenvalue weighted by Crippen LogP contribution is 2.65. The summed E-state index contributed by atoms with van der Waals surface area (Å²) in [6, 6.07) is -2.84. The first kappa shape index (κ1) is 26.2. The number of likely N-dealkylation sites (tertiary alicyclic amines) is 1. The van der Waals surface area contributed by atoms with Crippen LogP contribution in [0.4, 0.5) is 4.79 Å². The minimum Gasteiger partial charge on any atom is -0.381 e. The predicted octanol–water partition coefficient (Wildman–Crippen LogP) is 0.334. The van der Waals surface area contributed by atoms with E-state index in [0.717, 1.165) is 19.3 Å². The Morgan fingerprint density at radius 2 is 1.76 bits per heavy atom. The number of amides is 5. The molecule has 6 N–H and O–H groups in total. The summed E-state index contributed by atoms with van der Waals surface area (Å²) in [5.74, 6) is -1.12. The molecule has 0 aromatic carbocycles. The quantitative estimate of drug-likeness (QED) is 0.340. The molecule has 1 aliphatic heterocycles. The van der Waals surface area contributed by atoms with Crippen LogP contribution in [0, 0.1) is 28.6 Å². The zero-order valence-electron chi connectivity index (χ0n) is 21.2. The van der Waals surface area contributed by atoms with Crippen LogP contribution in [-0.4, -0.2) is 71.6 Å². The average Bonchev–Trinajstić information content (AvgIpc) is 3.06. The Morgan fingerprint density at radius 3 is 2.24 bits per heavy atom. The SMILES string of the molecule is CNC(=O)N[C@H](C(=O)N1C[C@H]2[C@@H]([C@H]1C(=O)NC(CC1CCC1)C(O)C(N)=O)C2(C)C)C(C)(C)C. The van der Waals surface area contributed by atoms with Crippen molar-refractivity contribution in [3.8, 4) is 0 Å². The van der Waals surface area contributed by atoms with Crippen LogP contribution in [0.1, 0.15) is 60.3 Å². The minimum absolute atomic E-state index is 0.0351. The van der Waals surface area contributed by atoms with Crippen LogP contribution in [0.25, 0.3) is 0 Å². The molecule has 5 amide bonds. The van der Waals surface area contributed by atoms with Gasteiger partial charge in [0, 0.05) is 13.6 Å². The zero-order valence-corrected chi connectivity index (χ0v) is 21.2. The van der Waals surface area contributed by atoms with E-state index in [-0.39, 0.29) is 29.1 Å². The number of hydrogen-bond acceptors (Lipinski definition) is 5. The molecule has 1 saturated heterocycles. The van der Waals surface area contributed by atoms with E-state index < -0.39 is 41.6 Å². The molecule has 10 heteroatoms. The van der Waals surface area contributed by atoms with E-state index in [1.54, 1.807) is 4.90 Å². The van der Waals surface area contributed by atoms with Crippen molar-refractivity contribution in [2.24, 2.45) is 34.3 Å². The number of carbonyl (C=O) groups is 4. The third kappa shape index (κ3) is 5.01. The molecule has 0 bridgehead atoms. The molecule has 6 atom stereocenters. The Labute approximate surface area is 201 Å². The summed E-state index contributed by atoms with van der Waals surface area (Å²) in [5, 5.41) is 18.5. The fraction of sp³-hybridized carbons (Fsp3) is 0.833. The standard InChI is InChI=1S/C24H41N5O5/c1-23(2,3)18(28-22(34)26-6)21(33)29-11-13-15(24(13,4)5)16(29)20(32)27-14(17(30)19(25)31)10-12-8-7-9-12/h12-18,30H,7-11H2,1-6H3,(H2,25,31)(H,27,32)(H2,26,28,34)/t13-,14?,15-,16-,17?,18+/m0/s1. The van der Waals surface area contributed by atoms with Crippen molar-refractivity contribution in [2.75, 3.05) is 13.6 Å². The highest BCUT2D eigenvalue weighted by Gasteiger charge is 2.69. The maximum Gasteiger partial charge on any atom is 0.315 e. The number of aliphatic hydroxyl groups is 1. The lowest BCUT2D eigenvalue weighted by Gasteiger charge is -2.38. The van der Waals surface area contributed by atoms with Crippen molar-refractivity contribution in [1.29, 1.82) is 0 Å². The van der Waals surface area contributed by atoms with Crippen LogP contribution >= 0.6 is 0 Å². The third-order valence-electron chi connectivity index (χ3n) is 8.19. The van der Waals surface area contributed by atoms with Crippen molar-refractivity contribution in [3.05, 3.63) is 0 Å². The largest absolute Gasteiger partial charge is 0.381 e. The van der Waals surface area contributed by atoms with E-state index in [4.69, 9.17) is 5.73 Å². The van der Waals surface area contributed by atoms with Crippen molar-refractivity contribution < 1.29 is 24.3 Å². The van der Waals surface area contributed by atoms with E-state index in [0.29, 0.717) is 18.9 Å². The number of piperidine rings is 1.